The first-order chi connectivity index (χ1) is 12.2. The molecule has 132 valence electrons. The second kappa shape index (κ2) is 5.84. The number of anilines is 1. The second-order valence-corrected chi connectivity index (χ2v) is 5.48. The molecule has 0 bridgehead atoms. The molecule has 0 aliphatic heterocycles. The summed E-state index contributed by atoms with van der Waals surface area (Å²) >= 11 is 0. The zero-order valence-electron chi connectivity index (χ0n) is 13.2. The summed E-state index contributed by atoms with van der Waals surface area (Å²) < 4.78 is 0. The molecule has 0 saturated heterocycles. The van der Waals surface area contributed by atoms with Crippen LogP contribution < -0.4 is 5.32 Å². The molecule has 3 N–H and O–H groups in total. The highest BCUT2D eigenvalue weighted by atomic mass is 16.6. The van der Waals surface area contributed by atoms with Crippen LogP contribution in [0.4, 0.5) is 17.1 Å². The van der Waals surface area contributed by atoms with Crippen LogP contribution in [0, 0.1) is 20.2 Å². The molecule has 0 saturated carbocycles. The molecular weight excluding hydrogens is 346 g/mol. The Morgan fingerprint density at radius 3 is 2.27 bits per heavy atom. The number of nitro groups is 2. The molecule has 0 aliphatic rings. The highest BCUT2D eigenvalue weighted by molar-refractivity contribution is 6.21. The number of hydrogen-bond acceptors (Lipinski definition) is 7. The lowest BCUT2D eigenvalue weighted by Gasteiger charge is -2.13. The molecule has 10 nitrogen and oxygen atoms in total. The first-order valence-electron chi connectivity index (χ1n) is 7.23. The van der Waals surface area contributed by atoms with Crippen molar-refractivity contribution in [3.05, 3.63) is 50.6 Å². The summed E-state index contributed by atoms with van der Waals surface area (Å²) in [7, 11) is 0. The van der Waals surface area contributed by atoms with Crippen molar-refractivity contribution in [3.8, 4) is 11.5 Å². The molecule has 3 rings (SSSR count). The Labute approximate surface area is 144 Å². The van der Waals surface area contributed by atoms with Gasteiger partial charge in [-0.25, -0.2) is 0 Å². The standard InChI is InChI=1S/C16H11N3O7/c1-7(20)17-13-14(19(25)26)12-9(15(21)16(13)22)6-5-8-3-2-4-10(11(8)12)18(23)24/h2-6,21-22H,1H3,(H,17,20). The Morgan fingerprint density at radius 1 is 1.00 bits per heavy atom. The molecular formula is C16H11N3O7. The van der Waals surface area contributed by atoms with Crippen molar-refractivity contribution in [2.24, 2.45) is 0 Å². The summed E-state index contributed by atoms with van der Waals surface area (Å²) in [5, 5.41) is 45.4. The zero-order chi connectivity index (χ0) is 19.2. The Bertz CT molecular complexity index is 1120. The summed E-state index contributed by atoms with van der Waals surface area (Å²) in [5.41, 5.74) is -1.78. The average molecular weight is 357 g/mol. The fourth-order valence-electron chi connectivity index (χ4n) is 2.92. The number of carbonyl (C=O) groups excluding carboxylic acids is 1. The van der Waals surface area contributed by atoms with Gasteiger partial charge in [-0.3, -0.25) is 25.0 Å². The van der Waals surface area contributed by atoms with Gasteiger partial charge in [0, 0.05) is 18.4 Å². The summed E-state index contributed by atoms with van der Waals surface area (Å²) in [6.45, 7) is 1.07. The minimum absolute atomic E-state index is 0.0800. The Balaban J connectivity index is 2.68. The topological polar surface area (TPSA) is 156 Å². The van der Waals surface area contributed by atoms with Crippen LogP contribution in [0.15, 0.2) is 30.3 Å². The molecule has 0 fully saturated rings. The highest BCUT2D eigenvalue weighted by Crippen LogP contribution is 2.51. The molecule has 0 radical (unpaired) electrons. The van der Waals surface area contributed by atoms with Crippen LogP contribution in [0.2, 0.25) is 0 Å². The van der Waals surface area contributed by atoms with Crippen LogP contribution in [-0.2, 0) is 4.79 Å². The van der Waals surface area contributed by atoms with Gasteiger partial charge in [0.05, 0.1) is 20.6 Å². The molecule has 0 atom stereocenters. The summed E-state index contributed by atoms with van der Waals surface area (Å²) in [4.78, 5) is 32.9. The minimum atomic E-state index is -0.891. The fourth-order valence-corrected chi connectivity index (χ4v) is 2.92. The van der Waals surface area contributed by atoms with Gasteiger partial charge in [0.25, 0.3) is 5.69 Å². The number of non-ortho nitro benzene ring substituents is 1. The quantitative estimate of drug-likeness (QED) is 0.281. The van der Waals surface area contributed by atoms with Crippen molar-refractivity contribution in [3.63, 3.8) is 0 Å². The zero-order valence-corrected chi connectivity index (χ0v) is 13.2. The summed E-state index contributed by atoms with van der Waals surface area (Å²) in [6, 6.07) is 6.86. The lowest BCUT2D eigenvalue weighted by atomic mass is 9.97. The average Bonchev–Trinajstić information content (AvgIpc) is 2.57. The number of carbonyl (C=O) groups is 1. The van der Waals surface area contributed by atoms with E-state index in [0.29, 0.717) is 5.39 Å². The number of benzene rings is 3. The van der Waals surface area contributed by atoms with Gasteiger partial charge in [-0.1, -0.05) is 18.2 Å². The number of nitrogens with one attached hydrogen (secondary N) is 1. The first kappa shape index (κ1) is 16.9. The smallest absolute Gasteiger partial charge is 0.305 e. The van der Waals surface area contributed by atoms with Crippen LogP contribution >= 0.6 is 0 Å². The van der Waals surface area contributed by atoms with Crippen molar-refractivity contribution in [1.82, 2.24) is 0 Å². The number of aromatic hydroxyl groups is 2. The van der Waals surface area contributed by atoms with Crippen LogP contribution in [0.5, 0.6) is 11.5 Å². The van der Waals surface area contributed by atoms with Crippen molar-refractivity contribution in [1.29, 1.82) is 0 Å². The summed E-state index contributed by atoms with van der Waals surface area (Å²) in [6.07, 6.45) is 0. The van der Waals surface area contributed by atoms with Gasteiger partial charge in [0.15, 0.2) is 17.2 Å². The Kier molecular flexibility index (Phi) is 3.80. The van der Waals surface area contributed by atoms with Gasteiger partial charge in [-0.15, -0.1) is 0 Å². The molecule has 3 aromatic rings. The lowest BCUT2D eigenvalue weighted by Crippen LogP contribution is -2.09. The van der Waals surface area contributed by atoms with Gasteiger partial charge in [0.2, 0.25) is 5.91 Å². The van der Waals surface area contributed by atoms with E-state index in [9.17, 15) is 35.2 Å². The van der Waals surface area contributed by atoms with Gasteiger partial charge in [-0.2, -0.15) is 0 Å². The maximum Gasteiger partial charge on any atom is 0.305 e. The number of phenolic OH excluding ortho intramolecular Hbond substituents is 2. The van der Waals surface area contributed by atoms with Crippen molar-refractivity contribution >= 4 is 44.5 Å². The molecule has 10 heteroatoms. The number of hydrogen-bond donors (Lipinski definition) is 3. The molecule has 0 heterocycles. The fraction of sp³-hybridized carbons (Fsp3) is 0.0625. The molecule has 26 heavy (non-hydrogen) atoms. The van der Waals surface area contributed by atoms with Crippen LogP contribution in [-0.4, -0.2) is 26.0 Å². The number of fused-ring (bicyclic) bond motifs is 3. The minimum Gasteiger partial charge on any atom is -0.504 e. The van der Waals surface area contributed by atoms with Crippen LogP contribution in [0.3, 0.4) is 0 Å². The van der Waals surface area contributed by atoms with E-state index < -0.39 is 44.3 Å². The number of rotatable bonds is 3. The predicted molar refractivity (Wildman–Crippen MR) is 92.4 cm³/mol. The molecule has 1 amide bonds. The van der Waals surface area contributed by atoms with Crippen LogP contribution in [0.1, 0.15) is 6.92 Å². The van der Waals surface area contributed by atoms with E-state index in [1.54, 1.807) is 0 Å². The van der Waals surface area contributed by atoms with E-state index in [1.165, 1.54) is 30.3 Å². The van der Waals surface area contributed by atoms with E-state index in [1.807, 2.05) is 0 Å². The highest BCUT2D eigenvalue weighted by Gasteiger charge is 2.31. The van der Waals surface area contributed by atoms with Gasteiger partial charge >= 0.3 is 5.69 Å². The van der Waals surface area contributed by atoms with E-state index in [-0.39, 0.29) is 16.2 Å². The third-order valence-corrected chi connectivity index (χ3v) is 3.89. The molecule has 0 aromatic heterocycles. The molecule has 0 aliphatic carbocycles. The molecule has 0 unspecified atom stereocenters. The maximum atomic E-state index is 11.7. The number of phenols is 2. The monoisotopic (exact) mass is 357 g/mol. The SMILES string of the molecule is CC(=O)Nc1c(O)c(O)c2ccc3cccc([N+](=O)[O-])c3c2c1[N+](=O)[O-]. The van der Waals surface area contributed by atoms with Crippen LogP contribution in [0.25, 0.3) is 21.5 Å². The van der Waals surface area contributed by atoms with Gasteiger partial charge in [0.1, 0.15) is 0 Å². The predicted octanol–water partition coefficient (Wildman–Crippen LogP) is 3.18. The Hall–Kier alpha value is -3.95. The number of nitro benzene ring substituents is 2. The summed E-state index contributed by atoms with van der Waals surface area (Å²) in [5.74, 6) is -2.34. The van der Waals surface area contributed by atoms with Gasteiger partial charge < -0.3 is 15.5 Å². The third kappa shape index (κ3) is 2.40. The van der Waals surface area contributed by atoms with Crippen molar-refractivity contribution in [2.75, 3.05) is 5.32 Å². The van der Waals surface area contributed by atoms with E-state index in [2.05, 4.69) is 5.32 Å². The Morgan fingerprint density at radius 2 is 1.69 bits per heavy atom. The first-order valence-corrected chi connectivity index (χ1v) is 7.23. The van der Waals surface area contributed by atoms with Gasteiger partial charge in [-0.05, 0) is 11.5 Å². The second-order valence-electron chi connectivity index (χ2n) is 5.48. The van der Waals surface area contributed by atoms with E-state index in [4.69, 9.17) is 0 Å². The number of nitrogens with zero attached hydrogens (tertiary/aromatic N) is 2. The normalized spacial score (nSPS) is 10.8. The lowest BCUT2D eigenvalue weighted by molar-refractivity contribution is -0.384. The van der Waals surface area contributed by atoms with Crippen molar-refractivity contribution in [2.45, 2.75) is 6.92 Å². The van der Waals surface area contributed by atoms with Crippen molar-refractivity contribution < 1.29 is 24.9 Å². The largest absolute Gasteiger partial charge is 0.504 e. The molecule has 0 spiro atoms. The maximum absolute atomic E-state index is 11.7. The third-order valence-electron chi connectivity index (χ3n) is 3.89. The van der Waals surface area contributed by atoms with E-state index in [0.717, 1.165) is 6.92 Å². The molecule has 3 aromatic carbocycles. The number of amides is 1. The van der Waals surface area contributed by atoms with E-state index >= 15 is 0 Å².